The van der Waals surface area contributed by atoms with Gasteiger partial charge in [0.2, 0.25) is 0 Å². The molecule has 0 saturated heterocycles. The second-order valence-corrected chi connectivity index (χ2v) is 4.92. The van der Waals surface area contributed by atoms with E-state index in [1.165, 1.54) is 0 Å². The summed E-state index contributed by atoms with van der Waals surface area (Å²) in [5.74, 6) is -1.04. The summed E-state index contributed by atoms with van der Waals surface area (Å²) in [5.41, 5.74) is 3.18. The van der Waals surface area contributed by atoms with Gasteiger partial charge in [-0.1, -0.05) is 48.5 Å². The SMILES string of the molecule is Cc1ccccc1NC(CC(=O)[O-])Cc1ccccc1.[Na+]. The van der Waals surface area contributed by atoms with Crippen molar-refractivity contribution in [2.24, 2.45) is 0 Å². The molecule has 0 saturated carbocycles. The first-order valence-corrected chi connectivity index (χ1v) is 6.71. The number of carboxylic acids is 1. The third-order valence-electron chi connectivity index (χ3n) is 3.24. The van der Waals surface area contributed by atoms with E-state index in [2.05, 4.69) is 5.32 Å². The van der Waals surface area contributed by atoms with Crippen molar-refractivity contribution in [3.8, 4) is 0 Å². The summed E-state index contributed by atoms with van der Waals surface area (Å²) >= 11 is 0. The van der Waals surface area contributed by atoms with Crippen molar-refractivity contribution in [2.45, 2.75) is 25.8 Å². The number of carbonyl (C=O) groups excluding carboxylic acids is 1. The Morgan fingerprint density at radius 1 is 1.10 bits per heavy atom. The third-order valence-corrected chi connectivity index (χ3v) is 3.24. The van der Waals surface area contributed by atoms with Crippen LogP contribution in [0.15, 0.2) is 54.6 Å². The zero-order valence-corrected chi connectivity index (χ0v) is 14.5. The number of aliphatic carboxylic acids is 1. The van der Waals surface area contributed by atoms with E-state index < -0.39 is 5.97 Å². The molecule has 0 aliphatic heterocycles. The summed E-state index contributed by atoms with van der Waals surface area (Å²) in [6.45, 7) is 2.00. The minimum atomic E-state index is -1.04. The smallest absolute Gasteiger partial charge is 0.550 e. The molecule has 0 aliphatic rings. The van der Waals surface area contributed by atoms with Gasteiger partial charge in [-0.2, -0.15) is 0 Å². The molecular weight excluding hydrogens is 273 g/mol. The van der Waals surface area contributed by atoms with Crippen LogP contribution in [0.5, 0.6) is 0 Å². The predicted octanol–water partition coefficient (Wildman–Crippen LogP) is -0.838. The maximum atomic E-state index is 10.9. The molecule has 0 fully saturated rings. The zero-order valence-electron chi connectivity index (χ0n) is 12.5. The van der Waals surface area contributed by atoms with E-state index in [1.807, 2.05) is 61.5 Å². The molecular formula is C17H18NNaO2. The monoisotopic (exact) mass is 291 g/mol. The summed E-state index contributed by atoms with van der Waals surface area (Å²) in [5, 5.41) is 14.2. The second kappa shape index (κ2) is 8.88. The molecule has 0 radical (unpaired) electrons. The Morgan fingerprint density at radius 2 is 1.71 bits per heavy atom. The van der Waals surface area contributed by atoms with Gasteiger partial charge in [-0.3, -0.25) is 0 Å². The second-order valence-electron chi connectivity index (χ2n) is 4.92. The maximum absolute atomic E-state index is 10.9. The fourth-order valence-electron chi connectivity index (χ4n) is 2.23. The van der Waals surface area contributed by atoms with Crippen molar-refractivity contribution in [1.82, 2.24) is 0 Å². The van der Waals surface area contributed by atoms with Crippen molar-refractivity contribution in [3.63, 3.8) is 0 Å². The summed E-state index contributed by atoms with van der Waals surface area (Å²) in [6, 6.07) is 17.6. The topological polar surface area (TPSA) is 52.2 Å². The summed E-state index contributed by atoms with van der Waals surface area (Å²) < 4.78 is 0. The van der Waals surface area contributed by atoms with Crippen LogP contribution in [0.2, 0.25) is 0 Å². The van der Waals surface area contributed by atoms with Crippen LogP contribution in [0.25, 0.3) is 0 Å². The van der Waals surface area contributed by atoms with Gasteiger partial charge < -0.3 is 15.2 Å². The Bertz CT molecular complexity index is 572. The number of para-hydroxylation sites is 1. The van der Waals surface area contributed by atoms with E-state index in [-0.39, 0.29) is 42.0 Å². The molecule has 2 aromatic rings. The van der Waals surface area contributed by atoms with Gasteiger partial charge in [0.25, 0.3) is 0 Å². The molecule has 0 bridgehead atoms. The molecule has 3 nitrogen and oxygen atoms in total. The molecule has 0 heterocycles. The largest absolute Gasteiger partial charge is 1.00 e. The predicted molar refractivity (Wildman–Crippen MR) is 78.4 cm³/mol. The fraction of sp³-hybridized carbons (Fsp3) is 0.235. The van der Waals surface area contributed by atoms with Gasteiger partial charge in [0.1, 0.15) is 0 Å². The number of anilines is 1. The van der Waals surface area contributed by atoms with Crippen LogP contribution in [0.1, 0.15) is 17.5 Å². The summed E-state index contributed by atoms with van der Waals surface area (Å²) in [4.78, 5) is 10.9. The first kappa shape index (κ1) is 17.8. The van der Waals surface area contributed by atoms with Crippen molar-refractivity contribution in [1.29, 1.82) is 0 Å². The van der Waals surface area contributed by atoms with Crippen molar-refractivity contribution < 1.29 is 39.5 Å². The number of hydrogen-bond donors (Lipinski definition) is 1. The normalized spacial score (nSPS) is 11.3. The van der Waals surface area contributed by atoms with E-state index >= 15 is 0 Å². The van der Waals surface area contributed by atoms with Crippen molar-refractivity contribution >= 4 is 11.7 Å². The van der Waals surface area contributed by atoms with Gasteiger partial charge in [0, 0.05) is 24.1 Å². The molecule has 1 atom stereocenters. The van der Waals surface area contributed by atoms with Crippen LogP contribution in [-0.4, -0.2) is 12.0 Å². The number of nitrogens with one attached hydrogen (secondary N) is 1. The Morgan fingerprint density at radius 3 is 2.33 bits per heavy atom. The van der Waals surface area contributed by atoms with Crippen LogP contribution >= 0.6 is 0 Å². The molecule has 1 unspecified atom stereocenters. The molecule has 0 amide bonds. The Labute approximate surface area is 147 Å². The number of rotatable bonds is 6. The molecule has 21 heavy (non-hydrogen) atoms. The van der Waals surface area contributed by atoms with Gasteiger partial charge in [0.15, 0.2) is 0 Å². The number of aryl methyl sites for hydroxylation is 1. The molecule has 0 aliphatic carbocycles. The molecule has 0 spiro atoms. The average Bonchev–Trinajstić information content (AvgIpc) is 2.42. The molecule has 2 rings (SSSR count). The molecule has 2 aromatic carbocycles. The Balaban J connectivity index is 0.00000220. The first-order chi connectivity index (χ1) is 9.65. The van der Waals surface area contributed by atoms with E-state index in [1.54, 1.807) is 0 Å². The number of hydrogen-bond acceptors (Lipinski definition) is 3. The molecule has 0 aromatic heterocycles. The van der Waals surface area contributed by atoms with Crippen molar-refractivity contribution in [2.75, 3.05) is 5.32 Å². The quantitative estimate of drug-likeness (QED) is 0.706. The van der Waals surface area contributed by atoms with Crippen LogP contribution in [0.4, 0.5) is 5.69 Å². The van der Waals surface area contributed by atoms with E-state index in [4.69, 9.17) is 0 Å². The minimum Gasteiger partial charge on any atom is -0.550 e. The summed E-state index contributed by atoms with van der Waals surface area (Å²) in [7, 11) is 0. The maximum Gasteiger partial charge on any atom is 1.00 e. The summed E-state index contributed by atoms with van der Waals surface area (Å²) in [6.07, 6.45) is 0.645. The number of benzene rings is 2. The van der Waals surface area contributed by atoms with Crippen LogP contribution in [0, 0.1) is 6.92 Å². The van der Waals surface area contributed by atoms with E-state index in [0.29, 0.717) is 6.42 Å². The van der Waals surface area contributed by atoms with E-state index in [9.17, 15) is 9.90 Å². The van der Waals surface area contributed by atoms with Gasteiger partial charge in [-0.05, 0) is 30.5 Å². The molecule has 4 heteroatoms. The van der Waals surface area contributed by atoms with Crippen LogP contribution in [0.3, 0.4) is 0 Å². The van der Waals surface area contributed by atoms with Crippen molar-refractivity contribution in [3.05, 3.63) is 65.7 Å². The molecule has 104 valence electrons. The Kier molecular flexibility index (Phi) is 7.51. The van der Waals surface area contributed by atoms with Gasteiger partial charge >= 0.3 is 29.6 Å². The minimum absolute atomic E-state index is 0. The van der Waals surface area contributed by atoms with E-state index in [0.717, 1.165) is 16.8 Å². The zero-order chi connectivity index (χ0) is 14.4. The fourth-order valence-corrected chi connectivity index (χ4v) is 2.23. The average molecular weight is 291 g/mol. The van der Waals surface area contributed by atoms with Crippen LogP contribution in [-0.2, 0) is 11.2 Å². The first-order valence-electron chi connectivity index (χ1n) is 6.71. The molecule has 1 N–H and O–H groups in total. The third kappa shape index (κ3) is 5.92. The Hall–Kier alpha value is -1.29. The number of carboxylic acid groups (broad SMARTS) is 1. The van der Waals surface area contributed by atoms with Crippen LogP contribution < -0.4 is 40.0 Å². The van der Waals surface area contributed by atoms with Gasteiger partial charge in [0.05, 0.1) is 0 Å². The standard InChI is InChI=1S/C17H19NO2.Na/c1-13-7-5-6-10-16(13)18-15(12-17(19)20)11-14-8-3-2-4-9-14;/h2-10,15,18H,11-12H2,1H3,(H,19,20);/q;+1/p-1. The van der Waals surface area contributed by atoms with Gasteiger partial charge in [-0.25, -0.2) is 0 Å². The number of carbonyl (C=O) groups is 1. The van der Waals surface area contributed by atoms with Gasteiger partial charge in [-0.15, -0.1) is 0 Å².